The number of aromatic nitrogens is 4. The van der Waals surface area contributed by atoms with E-state index in [1.165, 1.54) is 12.1 Å². The molecule has 1 aliphatic carbocycles. The number of benzene rings is 1. The molecule has 152 valence electrons. The Labute approximate surface area is 168 Å². The minimum absolute atomic E-state index is 0.0868. The van der Waals surface area contributed by atoms with E-state index in [0.29, 0.717) is 12.1 Å². The van der Waals surface area contributed by atoms with Gasteiger partial charge in [0.2, 0.25) is 10.0 Å². The molecule has 3 heterocycles. The normalized spacial score (nSPS) is 22.8. The number of rotatable bonds is 4. The third-order valence-corrected chi connectivity index (χ3v) is 7.77. The zero-order valence-electron chi connectivity index (χ0n) is 16.3. The lowest BCUT2D eigenvalue weighted by Gasteiger charge is -2.51. The average Bonchev–Trinajstić information content (AvgIpc) is 3.31. The zero-order chi connectivity index (χ0) is 20.4. The van der Waals surface area contributed by atoms with Crippen molar-refractivity contribution in [2.75, 3.05) is 17.6 Å². The lowest BCUT2D eigenvalue weighted by atomic mass is 9.58. The van der Waals surface area contributed by atoms with Crippen molar-refractivity contribution in [1.82, 2.24) is 24.3 Å². The summed E-state index contributed by atoms with van der Waals surface area (Å²) in [5.74, 6) is 1.83. The van der Waals surface area contributed by atoms with Crippen LogP contribution < -0.4 is 15.8 Å². The maximum atomic E-state index is 12.8. The highest BCUT2D eigenvalue weighted by molar-refractivity contribution is 7.89. The van der Waals surface area contributed by atoms with Crippen LogP contribution in [0.4, 0.5) is 11.5 Å². The Morgan fingerprint density at radius 3 is 2.72 bits per heavy atom. The van der Waals surface area contributed by atoms with E-state index >= 15 is 0 Å². The first-order valence-electron chi connectivity index (χ1n) is 9.62. The maximum Gasteiger partial charge on any atom is 0.240 e. The minimum atomic E-state index is -3.62. The molecule has 10 heteroatoms. The average molecular weight is 414 g/mol. The van der Waals surface area contributed by atoms with Crippen LogP contribution in [0.1, 0.15) is 37.7 Å². The van der Waals surface area contributed by atoms with Crippen molar-refractivity contribution in [3.05, 3.63) is 42.0 Å². The topological polar surface area (TPSA) is 127 Å². The minimum Gasteiger partial charge on any atom is -0.399 e. The first-order chi connectivity index (χ1) is 13.8. The van der Waals surface area contributed by atoms with E-state index < -0.39 is 10.0 Å². The predicted octanol–water partition coefficient (Wildman–Crippen LogP) is 1.54. The molecule has 2 aromatic heterocycles. The lowest BCUT2D eigenvalue weighted by molar-refractivity contribution is 0.0793. The lowest BCUT2D eigenvalue weighted by Crippen LogP contribution is -2.57. The molecule has 4 N–H and O–H groups in total. The van der Waals surface area contributed by atoms with Gasteiger partial charge in [0.15, 0.2) is 5.65 Å². The summed E-state index contributed by atoms with van der Waals surface area (Å²) in [5.41, 5.74) is 7.70. The third-order valence-electron chi connectivity index (χ3n) is 6.29. The molecule has 0 saturated heterocycles. The molecule has 0 bridgehead atoms. The van der Waals surface area contributed by atoms with Gasteiger partial charge >= 0.3 is 0 Å². The van der Waals surface area contributed by atoms with Crippen LogP contribution in [0.15, 0.2) is 35.4 Å². The second-order valence-electron chi connectivity index (χ2n) is 8.33. The Hall–Kier alpha value is -2.72. The molecule has 2 atom stereocenters. The molecule has 1 fully saturated rings. The Kier molecular flexibility index (Phi) is 3.88. The van der Waals surface area contributed by atoms with Gasteiger partial charge in [0.1, 0.15) is 11.6 Å². The van der Waals surface area contributed by atoms with Crippen LogP contribution in [0.5, 0.6) is 0 Å². The summed E-state index contributed by atoms with van der Waals surface area (Å²) >= 11 is 0. The number of sulfonamides is 1. The number of fused-ring (bicyclic) bond motifs is 3. The van der Waals surface area contributed by atoms with E-state index in [-0.39, 0.29) is 22.3 Å². The van der Waals surface area contributed by atoms with Crippen LogP contribution in [0.25, 0.3) is 5.65 Å². The number of anilines is 2. The Morgan fingerprint density at radius 2 is 2.00 bits per heavy atom. The molecule has 1 saturated carbocycles. The highest BCUT2D eigenvalue weighted by Gasteiger charge is 2.52. The van der Waals surface area contributed by atoms with E-state index in [2.05, 4.69) is 43.5 Å². The van der Waals surface area contributed by atoms with Gasteiger partial charge in [0.25, 0.3) is 0 Å². The molecule has 1 aromatic carbocycles. The molecule has 9 nitrogen and oxygen atoms in total. The van der Waals surface area contributed by atoms with Crippen LogP contribution >= 0.6 is 0 Å². The van der Waals surface area contributed by atoms with Crippen molar-refractivity contribution in [1.29, 1.82) is 0 Å². The van der Waals surface area contributed by atoms with Crippen molar-refractivity contribution in [2.45, 2.75) is 43.5 Å². The summed E-state index contributed by atoms with van der Waals surface area (Å²) < 4.78 is 30.5. The third kappa shape index (κ3) is 2.77. The largest absolute Gasteiger partial charge is 0.399 e. The molecule has 0 unspecified atom stereocenters. The van der Waals surface area contributed by atoms with E-state index in [0.717, 1.165) is 35.9 Å². The molecule has 0 spiro atoms. The van der Waals surface area contributed by atoms with Gasteiger partial charge in [-0.05, 0) is 36.1 Å². The van der Waals surface area contributed by atoms with Gasteiger partial charge in [-0.3, -0.25) is 4.40 Å². The molecule has 1 aliphatic heterocycles. The maximum absolute atomic E-state index is 12.8. The first-order valence-corrected chi connectivity index (χ1v) is 11.1. The van der Waals surface area contributed by atoms with Gasteiger partial charge in [-0.25, -0.2) is 18.1 Å². The molecule has 29 heavy (non-hydrogen) atoms. The molecule has 0 amide bonds. The van der Waals surface area contributed by atoms with Gasteiger partial charge in [-0.15, -0.1) is 10.2 Å². The van der Waals surface area contributed by atoms with E-state index in [9.17, 15) is 8.42 Å². The monoisotopic (exact) mass is 413 g/mol. The molecular weight excluding hydrogens is 390 g/mol. The fourth-order valence-electron chi connectivity index (χ4n) is 4.34. The molecule has 3 aromatic rings. The Balaban J connectivity index is 1.43. The summed E-state index contributed by atoms with van der Waals surface area (Å²) in [5, 5.41) is 12.0. The van der Waals surface area contributed by atoms with Crippen LogP contribution in [-0.2, 0) is 16.4 Å². The van der Waals surface area contributed by atoms with Crippen molar-refractivity contribution >= 4 is 27.2 Å². The zero-order valence-corrected chi connectivity index (χ0v) is 17.1. The fourth-order valence-corrected chi connectivity index (χ4v) is 5.75. The second-order valence-corrected chi connectivity index (χ2v) is 10.0. The highest BCUT2D eigenvalue weighted by atomic mass is 32.2. The van der Waals surface area contributed by atoms with Gasteiger partial charge in [-0.1, -0.05) is 13.8 Å². The Bertz CT molecular complexity index is 1200. The standard InChI is InChI=1S/C19H23N7O2S/c1-19(2)13(9-15(19)25-29(27,28)12-5-3-11(20)4-6-12)18-24-23-16-10-22-17-14(26(16)18)7-8-21-17/h3-6,10,13,15,21,25H,7-9,20H2,1-2H3/t13-,15-/m1/s1. The summed E-state index contributed by atoms with van der Waals surface area (Å²) in [6, 6.07) is 6.03. The van der Waals surface area contributed by atoms with Gasteiger partial charge in [0.05, 0.1) is 16.8 Å². The van der Waals surface area contributed by atoms with Crippen LogP contribution in [0, 0.1) is 5.41 Å². The Morgan fingerprint density at radius 1 is 1.24 bits per heavy atom. The number of hydrogen-bond donors (Lipinski definition) is 3. The smallest absolute Gasteiger partial charge is 0.240 e. The van der Waals surface area contributed by atoms with Gasteiger partial charge in [0, 0.05) is 30.6 Å². The van der Waals surface area contributed by atoms with Crippen molar-refractivity contribution in [3.63, 3.8) is 0 Å². The number of hydrogen-bond acceptors (Lipinski definition) is 7. The summed E-state index contributed by atoms with van der Waals surface area (Å²) in [6.45, 7) is 4.98. The predicted molar refractivity (Wildman–Crippen MR) is 109 cm³/mol. The quantitative estimate of drug-likeness (QED) is 0.554. The van der Waals surface area contributed by atoms with E-state index in [1.54, 1.807) is 18.3 Å². The molecule has 5 rings (SSSR count). The fraction of sp³-hybridized carbons (Fsp3) is 0.421. The highest BCUT2D eigenvalue weighted by Crippen LogP contribution is 2.52. The van der Waals surface area contributed by atoms with Crippen molar-refractivity contribution in [3.8, 4) is 0 Å². The van der Waals surface area contributed by atoms with Crippen LogP contribution in [0.2, 0.25) is 0 Å². The van der Waals surface area contributed by atoms with Crippen molar-refractivity contribution < 1.29 is 8.42 Å². The van der Waals surface area contributed by atoms with Crippen LogP contribution in [0.3, 0.4) is 0 Å². The molecule has 2 aliphatic rings. The number of nitrogen functional groups attached to an aromatic ring is 1. The number of nitrogens with zero attached hydrogens (tertiary/aromatic N) is 4. The summed E-state index contributed by atoms with van der Waals surface area (Å²) in [7, 11) is -3.62. The van der Waals surface area contributed by atoms with Crippen molar-refractivity contribution in [2.24, 2.45) is 5.41 Å². The molecular formula is C19H23N7O2S. The summed E-state index contributed by atoms with van der Waals surface area (Å²) in [4.78, 5) is 4.62. The van der Waals surface area contributed by atoms with Gasteiger partial charge in [-0.2, -0.15) is 0 Å². The first kappa shape index (κ1) is 18.3. The second kappa shape index (κ2) is 6.14. The van der Waals surface area contributed by atoms with Gasteiger partial charge < -0.3 is 11.1 Å². The number of nitrogens with one attached hydrogen (secondary N) is 2. The summed E-state index contributed by atoms with van der Waals surface area (Å²) in [6.07, 6.45) is 3.25. The SMILES string of the molecule is CC1(C)[C@@H](c2nnc3cnc4c(n23)CCN4)C[C@H]1NS(=O)(=O)c1ccc(N)cc1. The van der Waals surface area contributed by atoms with Crippen LogP contribution in [-0.4, -0.2) is 40.6 Å². The van der Waals surface area contributed by atoms with E-state index in [1.807, 2.05) is 0 Å². The number of nitrogens with two attached hydrogens (primary N) is 1. The van der Waals surface area contributed by atoms with E-state index in [4.69, 9.17) is 5.73 Å². The molecule has 0 radical (unpaired) electrons.